The molecule has 1 heteroatoms. The molecule has 0 nitrogen and oxygen atoms in total. The molecule has 0 unspecified atom stereocenters. The van der Waals surface area contributed by atoms with Crippen molar-refractivity contribution in [2.24, 2.45) is 0 Å². The van der Waals surface area contributed by atoms with Gasteiger partial charge in [0.1, 0.15) is 0 Å². The van der Waals surface area contributed by atoms with Gasteiger partial charge in [0.25, 0.3) is 0 Å². The average Bonchev–Trinajstić information content (AvgIpc) is 2.69. The highest BCUT2D eigenvalue weighted by atomic mass is 32.2. The standard InChI is InChI=1S/C14H18S/c1-14(2,3)12-8-6-11(7-9-12)13-5-4-10-15-13/h5-9H,4,10H2,1-3H3. The number of allylic oxidation sites excluding steroid dienone is 1. The fourth-order valence-electron chi connectivity index (χ4n) is 1.75. The van der Waals surface area contributed by atoms with E-state index in [1.807, 2.05) is 11.8 Å². The molecule has 0 radical (unpaired) electrons. The van der Waals surface area contributed by atoms with Crippen LogP contribution in [0.15, 0.2) is 30.3 Å². The molecule has 0 saturated heterocycles. The lowest BCUT2D eigenvalue weighted by molar-refractivity contribution is 0.590. The molecule has 1 aromatic carbocycles. The maximum absolute atomic E-state index is 2.34. The Balaban J connectivity index is 2.24. The van der Waals surface area contributed by atoms with Crippen molar-refractivity contribution in [3.05, 3.63) is 41.5 Å². The summed E-state index contributed by atoms with van der Waals surface area (Å²) in [4.78, 5) is 1.45. The Morgan fingerprint density at radius 1 is 1.07 bits per heavy atom. The van der Waals surface area contributed by atoms with Crippen LogP contribution in [0, 0.1) is 0 Å². The number of benzene rings is 1. The lowest BCUT2D eigenvalue weighted by atomic mass is 9.87. The lowest BCUT2D eigenvalue weighted by Crippen LogP contribution is -2.10. The molecule has 0 fully saturated rings. The van der Waals surface area contributed by atoms with E-state index in [9.17, 15) is 0 Å². The predicted molar refractivity (Wildman–Crippen MR) is 70.2 cm³/mol. The van der Waals surface area contributed by atoms with Crippen molar-refractivity contribution in [2.75, 3.05) is 5.75 Å². The van der Waals surface area contributed by atoms with E-state index in [1.165, 1.54) is 28.2 Å². The SMILES string of the molecule is CC(C)(C)c1ccc(C2=CCCS2)cc1. The van der Waals surface area contributed by atoms with E-state index < -0.39 is 0 Å². The largest absolute Gasteiger partial charge is 0.126 e. The zero-order valence-electron chi connectivity index (χ0n) is 9.71. The molecule has 15 heavy (non-hydrogen) atoms. The summed E-state index contributed by atoms with van der Waals surface area (Å²) in [6, 6.07) is 9.03. The van der Waals surface area contributed by atoms with Gasteiger partial charge >= 0.3 is 0 Å². The Morgan fingerprint density at radius 2 is 1.73 bits per heavy atom. The maximum atomic E-state index is 2.34. The molecule has 2 rings (SSSR count). The van der Waals surface area contributed by atoms with Crippen LogP contribution in [0.5, 0.6) is 0 Å². The summed E-state index contributed by atoms with van der Waals surface area (Å²) >= 11 is 1.97. The Kier molecular flexibility index (Phi) is 2.92. The van der Waals surface area contributed by atoms with Crippen LogP contribution in [0.4, 0.5) is 0 Å². The zero-order valence-corrected chi connectivity index (χ0v) is 10.5. The Labute approximate surface area is 96.8 Å². The summed E-state index contributed by atoms with van der Waals surface area (Å²) in [6.45, 7) is 6.77. The van der Waals surface area contributed by atoms with Crippen LogP contribution in [-0.4, -0.2) is 5.75 Å². The van der Waals surface area contributed by atoms with Crippen molar-refractivity contribution < 1.29 is 0 Å². The fraction of sp³-hybridized carbons (Fsp3) is 0.429. The number of hydrogen-bond acceptors (Lipinski definition) is 1. The zero-order chi connectivity index (χ0) is 10.9. The van der Waals surface area contributed by atoms with Gasteiger partial charge in [-0.25, -0.2) is 0 Å². The van der Waals surface area contributed by atoms with E-state index in [4.69, 9.17) is 0 Å². The van der Waals surface area contributed by atoms with Crippen LogP contribution in [0.3, 0.4) is 0 Å². The monoisotopic (exact) mass is 218 g/mol. The molecular formula is C14H18S. The minimum Gasteiger partial charge on any atom is -0.126 e. The van der Waals surface area contributed by atoms with Crippen LogP contribution in [0.1, 0.15) is 38.3 Å². The average molecular weight is 218 g/mol. The van der Waals surface area contributed by atoms with Gasteiger partial charge in [-0.2, -0.15) is 0 Å². The van der Waals surface area contributed by atoms with Gasteiger partial charge in [0.2, 0.25) is 0 Å². The van der Waals surface area contributed by atoms with Crippen LogP contribution in [0.25, 0.3) is 4.91 Å². The van der Waals surface area contributed by atoms with Crippen molar-refractivity contribution >= 4 is 16.7 Å². The molecule has 0 saturated carbocycles. The first kappa shape index (κ1) is 10.8. The van der Waals surface area contributed by atoms with Crippen LogP contribution < -0.4 is 0 Å². The minimum absolute atomic E-state index is 0.260. The van der Waals surface area contributed by atoms with Crippen molar-refractivity contribution in [3.63, 3.8) is 0 Å². The topological polar surface area (TPSA) is 0 Å². The Bertz CT molecular complexity index is 365. The molecule has 0 aromatic heterocycles. The van der Waals surface area contributed by atoms with Crippen molar-refractivity contribution in [3.8, 4) is 0 Å². The van der Waals surface area contributed by atoms with Gasteiger partial charge in [0, 0.05) is 10.7 Å². The van der Waals surface area contributed by atoms with E-state index in [0.717, 1.165) is 0 Å². The highest BCUT2D eigenvalue weighted by molar-refractivity contribution is 8.08. The predicted octanol–water partition coefficient (Wildman–Crippen LogP) is 4.46. The molecule has 0 N–H and O–H groups in total. The summed E-state index contributed by atoms with van der Waals surface area (Å²) in [6.07, 6.45) is 3.57. The van der Waals surface area contributed by atoms with E-state index in [1.54, 1.807) is 0 Å². The molecular weight excluding hydrogens is 200 g/mol. The maximum Gasteiger partial charge on any atom is 0.0105 e. The van der Waals surface area contributed by atoms with Crippen molar-refractivity contribution in [1.29, 1.82) is 0 Å². The van der Waals surface area contributed by atoms with Gasteiger partial charge in [-0.05, 0) is 23.0 Å². The van der Waals surface area contributed by atoms with Gasteiger partial charge in [-0.3, -0.25) is 0 Å². The van der Waals surface area contributed by atoms with Gasteiger partial charge in [-0.15, -0.1) is 11.8 Å². The molecule has 0 atom stereocenters. The molecule has 1 aliphatic rings. The van der Waals surface area contributed by atoms with E-state index >= 15 is 0 Å². The molecule has 1 aliphatic heterocycles. The van der Waals surface area contributed by atoms with Gasteiger partial charge in [-0.1, -0.05) is 51.1 Å². The third-order valence-electron chi connectivity index (χ3n) is 2.74. The van der Waals surface area contributed by atoms with E-state index in [0.29, 0.717) is 0 Å². The Morgan fingerprint density at radius 3 is 2.20 bits per heavy atom. The molecule has 0 aliphatic carbocycles. The number of hydrogen-bond donors (Lipinski definition) is 0. The van der Waals surface area contributed by atoms with Gasteiger partial charge < -0.3 is 0 Å². The van der Waals surface area contributed by atoms with Crippen LogP contribution in [-0.2, 0) is 5.41 Å². The van der Waals surface area contributed by atoms with Crippen LogP contribution in [0.2, 0.25) is 0 Å². The van der Waals surface area contributed by atoms with Crippen molar-refractivity contribution in [2.45, 2.75) is 32.6 Å². The Hall–Kier alpha value is -0.690. The molecule has 0 amide bonds. The third kappa shape index (κ3) is 2.46. The second kappa shape index (κ2) is 4.05. The van der Waals surface area contributed by atoms with Gasteiger partial charge in [0.15, 0.2) is 0 Å². The number of rotatable bonds is 1. The summed E-state index contributed by atoms with van der Waals surface area (Å²) < 4.78 is 0. The van der Waals surface area contributed by atoms with E-state index in [2.05, 4.69) is 51.1 Å². The highest BCUT2D eigenvalue weighted by Gasteiger charge is 2.14. The first-order valence-corrected chi connectivity index (χ1v) is 6.50. The first-order chi connectivity index (χ1) is 7.07. The smallest absolute Gasteiger partial charge is 0.0105 e. The molecule has 1 aromatic rings. The highest BCUT2D eigenvalue weighted by Crippen LogP contribution is 2.34. The molecule has 0 bridgehead atoms. The van der Waals surface area contributed by atoms with Crippen molar-refractivity contribution in [1.82, 2.24) is 0 Å². The quantitative estimate of drug-likeness (QED) is 0.670. The van der Waals surface area contributed by atoms with Gasteiger partial charge in [0.05, 0.1) is 0 Å². The summed E-state index contributed by atoms with van der Waals surface area (Å²) in [5.41, 5.74) is 3.05. The normalized spacial score (nSPS) is 16.6. The fourth-order valence-corrected chi connectivity index (χ4v) is 2.75. The second-order valence-corrected chi connectivity index (χ2v) is 6.17. The summed E-state index contributed by atoms with van der Waals surface area (Å²) in [7, 11) is 0. The molecule has 0 spiro atoms. The molecule has 80 valence electrons. The second-order valence-electron chi connectivity index (χ2n) is 5.03. The lowest BCUT2D eigenvalue weighted by Gasteiger charge is -2.19. The first-order valence-electron chi connectivity index (χ1n) is 5.51. The van der Waals surface area contributed by atoms with E-state index in [-0.39, 0.29) is 5.41 Å². The summed E-state index contributed by atoms with van der Waals surface area (Å²) in [5, 5.41) is 0. The van der Waals surface area contributed by atoms with Crippen LogP contribution >= 0.6 is 11.8 Å². The minimum atomic E-state index is 0.260. The molecule has 1 heterocycles. The number of thioether (sulfide) groups is 1. The third-order valence-corrected chi connectivity index (χ3v) is 3.89. The summed E-state index contributed by atoms with van der Waals surface area (Å²) in [5.74, 6) is 1.25.